The first-order valence-electron chi connectivity index (χ1n) is 30.4. The van der Waals surface area contributed by atoms with Crippen molar-refractivity contribution in [1.29, 1.82) is 0 Å². The molecule has 2 unspecified atom stereocenters. The second-order valence-corrected chi connectivity index (χ2v) is 28.1. The van der Waals surface area contributed by atoms with Crippen molar-refractivity contribution in [3.8, 4) is 44.5 Å². The van der Waals surface area contributed by atoms with E-state index in [1.165, 1.54) is 118 Å². The average molecular weight is 1070 g/mol. The van der Waals surface area contributed by atoms with E-state index in [4.69, 9.17) is 0 Å². The van der Waals surface area contributed by atoms with Crippen LogP contribution in [0, 0.1) is 27.7 Å². The normalized spacial score (nSPS) is 12.6. The van der Waals surface area contributed by atoms with Crippen LogP contribution in [0.5, 0.6) is 0 Å². The fourth-order valence-electron chi connectivity index (χ4n) is 10.5. The monoisotopic (exact) mass is 1070 g/mol. The Kier molecular flexibility index (Phi) is 26.9. The van der Waals surface area contributed by atoms with Gasteiger partial charge in [-0.25, -0.2) is 0 Å². The van der Waals surface area contributed by atoms with Gasteiger partial charge in [0.15, 0.2) is 0 Å². The zero-order valence-electron chi connectivity index (χ0n) is 55.3. The van der Waals surface area contributed by atoms with Gasteiger partial charge in [-0.3, -0.25) is 0 Å². The van der Waals surface area contributed by atoms with Crippen molar-refractivity contribution < 1.29 is 0 Å². The summed E-state index contributed by atoms with van der Waals surface area (Å²) in [6.07, 6.45) is 4.69. The molecule has 0 radical (unpaired) electrons. The molecule has 0 aliphatic rings. The van der Waals surface area contributed by atoms with Crippen LogP contribution in [0.4, 0.5) is 0 Å². The number of hydrogen-bond donors (Lipinski definition) is 0. The van der Waals surface area contributed by atoms with Gasteiger partial charge in [0.05, 0.1) is 0 Å². The fraction of sp³-hybridized carbons (Fsp3) is 0.544. The minimum atomic E-state index is 0. The highest BCUT2D eigenvalue weighted by molar-refractivity contribution is 5.83. The van der Waals surface area contributed by atoms with Gasteiger partial charge < -0.3 is 0 Å². The molecule has 438 valence electrons. The molecule has 0 spiro atoms. The maximum absolute atomic E-state index is 2.54. The minimum Gasteiger partial charge on any atom is -0.0776 e. The van der Waals surface area contributed by atoms with E-state index in [1.54, 1.807) is 0 Å². The van der Waals surface area contributed by atoms with Crippen LogP contribution in [0.25, 0.3) is 44.5 Å². The molecule has 0 N–H and O–H groups in total. The van der Waals surface area contributed by atoms with Crippen molar-refractivity contribution in [2.45, 2.75) is 286 Å². The van der Waals surface area contributed by atoms with Gasteiger partial charge >= 0.3 is 0 Å². The summed E-state index contributed by atoms with van der Waals surface area (Å²) >= 11 is 0. The average Bonchev–Trinajstić information content (AvgIpc) is 3.34. The molecule has 0 bridgehead atoms. The molecule has 0 aromatic heterocycles. The Hall–Kier alpha value is -4.68. The predicted octanol–water partition coefficient (Wildman–Crippen LogP) is 26.0. The summed E-state index contributed by atoms with van der Waals surface area (Å²) < 4.78 is 0. The predicted molar refractivity (Wildman–Crippen MR) is 364 cm³/mol. The van der Waals surface area contributed by atoms with Gasteiger partial charge in [-0.15, -0.1) is 0 Å². The molecule has 79 heavy (non-hydrogen) atoms. The highest BCUT2D eigenvalue weighted by atomic mass is 14.3. The second kappa shape index (κ2) is 29.3. The zero-order valence-corrected chi connectivity index (χ0v) is 55.3. The van der Waals surface area contributed by atoms with E-state index in [1.807, 2.05) is 27.7 Å². The first-order valence-corrected chi connectivity index (χ1v) is 30.4. The van der Waals surface area contributed by atoms with Crippen molar-refractivity contribution in [1.82, 2.24) is 0 Å². The van der Waals surface area contributed by atoms with Gasteiger partial charge in [-0.1, -0.05) is 298 Å². The Morgan fingerprint density at radius 3 is 0.937 bits per heavy atom. The Balaban J connectivity index is 0.00000331. The molecule has 0 saturated carbocycles. The van der Waals surface area contributed by atoms with Crippen LogP contribution in [0.1, 0.15) is 298 Å². The third-order valence-corrected chi connectivity index (χ3v) is 15.6. The SMILES string of the molecule is C.C.CC.CC.CCC.Cc1cc(-c2cc(C(C)(C)C)cc(C(C)(C)C)c2)c(C)c(-c2cc(C(C)C)ccc2C(C)CCCC(C)c2ccc(C(C)(C)C)cc2-c2cc(C)cc(-c3cc(C(C)(C)C)cc(C(C)(C)C)c3)c2C)c1. The molecule has 6 rings (SSSR count). The molecule has 0 aliphatic carbocycles. The lowest BCUT2D eigenvalue weighted by atomic mass is 9.77. The maximum Gasteiger partial charge on any atom is -0.0132 e. The molecule has 0 fully saturated rings. The van der Waals surface area contributed by atoms with E-state index in [0.717, 1.165) is 19.3 Å². The quantitative estimate of drug-likeness (QED) is 0.121. The van der Waals surface area contributed by atoms with Gasteiger partial charge in [0.25, 0.3) is 0 Å². The molecular formula is C79H122. The summed E-state index contributed by atoms with van der Waals surface area (Å²) in [4.78, 5) is 0. The summed E-state index contributed by atoms with van der Waals surface area (Å²) in [6, 6.07) is 39.4. The van der Waals surface area contributed by atoms with Crippen molar-refractivity contribution in [2.75, 3.05) is 0 Å². The molecule has 0 nitrogen and oxygen atoms in total. The van der Waals surface area contributed by atoms with Gasteiger partial charge in [0, 0.05) is 0 Å². The summed E-state index contributed by atoms with van der Waals surface area (Å²) in [5.41, 5.74) is 27.9. The van der Waals surface area contributed by atoms with Gasteiger partial charge in [0.1, 0.15) is 0 Å². The maximum atomic E-state index is 2.54. The number of aryl methyl sites for hydroxylation is 2. The van der Waals surface area contributed by atoms with Crippen LogP contribution in [-0.4, -0.2) is 0 Å². The second-order valence-electron chi connectivity index (χ2n) is 28.1. The smallest absolute Gasteiger partial charge is 0.0132 e. The summed E-state index contributed by atoms with van der Waals surface area (Å²) in [7, 11) is 0. The molecule has 2 atom stereocenters. The van der Waals surface area contributed by atoms with Gasteiger partial charge in [-0.05, 0) is 197 Å². The zero-order chi connectivity index (χ0) is 58.9. The van der Waals surface area contributed by atoms with Crippen LogP contribution < -0.4 is 0 Å². The Labute approximate surface area is 491 Å². The van der Waals surface area contributed by atoms with E-state index in [9.17, 15) is 0 Å². The lowest BCUT2D eigenvalue weighted by Crippen LogP contribution is -2.16. The van der Waals surface area contributed by atoms with E-state index in [-0.39, 0.29) is 41.9 Å². The Morgan fingerprint density at radius 2 is 0.633 bits per heavy atom. The standard InChI is InChI=1S/C70H94.C3H8.2C2H6.2CH4/c1-43(2)50-27-29-58(64(39-50)62-33-44(3)31-60(48(62)7)51-35-54(67(12,13)14)40-55(36-51)68(15,16)17)46(5)25-24-26-47(6)59-30-28-53(66(9,10)11)42-65(59)63-34-45(4)32-61(49(63)8)52-37-56(69(18,19)20)41-57(38-52)70(21,22)23;1-3-2;2*1-2;;/h27-43,46-47H,24-26H2,1-23H3;3H2,1-2H3;2*1-2H3;2*1H4. The molecule has 6 aromatic rings. The Bertz CT molecular complexity index is 2790. The molecule has 0 heteroatoms. The van der Waals surface area contributed by atoms with Crippen molar-refractivity contribution >= 4 is 0 Å². The van der Waals surface area contributed by atoms with E-state index >= 15 is 0 Å². The van der Waals surface area contributed by atoms with Crippen LogP contribution in [0.15, 0.2) is 97.1 Å². The summed E-state index contributed by atoms with van der Waals surface area (Å²) in [5, 5.41) is 0. The molecular weight excluding hydrogens is 949 g/mol. The molecule has 0 saturated heterocycles. The molecule has 0 heterocycles. The Morgan fingerprint density at radius 1 is 0.342 bits per heavy atom. The first kappa shape index (κ1) is 72.3. The van der Waals surface area contributed by atoms with Crippen LogP contribution in [-0.2, 0) is 27.1 Å². The molecule has 0 amide bonds. The van der Waals surface area contributed by atoms with Gasteiger partial charge in [0.2, 0.25) is 0 Å². The van der Waals surface area contributed by atoms with E-state index < -0.39 is 0 Å². The van der Waals surface area contributed by atoms with Crippen molar-refractivity contribution in [3.05, 3.63) is 164 Å². The third kappa shape index (κ3) is 18.7. The summed E-state index contributed by atoms with van der Waals surface area (Å²) in [6.45, 7) is 66.4. The number of benzene rings is 6. The number of hydrogen-bond acceptors (Lipinski definition) is 0. The largest absolute Gasteiger partial charge is 0.0776 e. The lowest BCUT2D eigenvalue weighted by molar-refractivity contribution is 0.560. The fourth-order valence-corrected chi connectivity index (χ4v) is 10.5. The van der Waals surface area contributed by atoms with E-state index in [2.05, 4.69) is 270 Å². The first-order chi connectivity index (χ1) is 35.6. The van der Waals surface area contributed by atoms with E-state index in [0.29, 0.717) is 17.8 Å². The van der Waals surface area contributed by atoms with Crippen LogP contribution >= 0.6 is 0 Å². The lowest BCUT2D eigenvalue weighted by Gasteiger charge is -2.28. The summed E-state index contributed by atoms with van der Waals surface area (Å²) in [5.74, 6) is 1.27. The highest BCUT2D eigenvalue weighted by Gasteiger charge is 2.27. The third-order valence-electron chi connectivity index (χ3n) is 15.6. The minimum absolute atomic E-state index is 0. The van der Waals surface area contributed by atoms with Gasteiger partial charge in [-0.2, -0.15) is 0 Å². The molecule has 6 aromatic carbocycles. The van der Waals surface area contributed by atoms with Crippen LogP contribution in [0.2, 0.25) is 0 Å². The number of rotatable bonds is 11. The topological polar surface area (TPSA) is 0 Å². The van der Waals surface area contributed by atoms with Crippen molar-refractivity contribution in [2.24, 2.45) is 0 Å². The van der Waals surface area contributed by atoms with Crippen molar-refractivity contribution in [3.63, 3.8) is 0 Å². The van der Waals surface area contributed by atoms with Crippen LogP contribution in [0.3, 0.4) is 0 Å². The molecule has 0 aliphatic heterocycles. The highest BCUT2D eigenvalue weighted by Crippen LogP contribution is 2.45.